The first-order valence-corrected chi connectivity index (χ1v) is 11.7. The molecular formula is C25H35N5O2. The van der Waals surface area contributed by atoms with Crippen molar-refractivity contribution in [2.75, 3.05) is 37.6 Å². The summed E-state index contributed by atoms with van der Waals surface area (Å²) < 4.78 is 0. The Morgan fingerprint density at radius 1 is 1.16 bits per heavy atom. The van der Waals surface area contributed by atoms with Crippen LogP contribution in [-0.4, -0.2) is 64.6 Å². The molecule has 2 aromatic rings. The van der Waals surface area contributed by atoms with Gasteiger partial charge in [-0.2, -0.15) is 0 Å². The Morgan fingerprint density at radius 2 is 1.84 bits per heavy atom. The number of benzene rings is 1. The van der Waals surface area contributed by atoms with E-state index in [-0.39, 0.29) is 17.7 Å². The van der Waals surface area contributed by atoms with Gasteiger partial charge in [-0.05, 0) is 24.8 Å². The zero-order chi connectivity index (χ0) is 22.8. The molecule has 0 saturated carbocycles. The number of hydrogen-bond acceptors (Lipinski definition) is 6. The van der Waals surface area contributed by atoms with Gasteiger partial charge in [0.1, 0.15) is 12.1 Å². The minimum absolute atomic E-state index is 0.179. The minimum Gasteiger partial charge on any atom is -0.387 e. The van der Waals surface area contributed by atoms with Crippen LogP contribution in [0.25, 0.3) is 0 Å². The van der Waals surface area contributed by atoms with Gasteiger partial charge < -0.3 is 20.2 Å². The van der Waals surface area contributed by atoms with Crippen molar-refractivity contribution >= 4 is 11.7 Å². The van der Waals surface area contributed by atoms with E-state index in [1.165, 1.54) is 5.56 Å². The number of nitrogens with one attached hydrogen (secondary N) is 1. The van der Waals surface area contributed by atoms with Crippen molar-refractivity contribution < 1.29 is 9.90 Å². The lowest BCUT2D eigenvalue weighted by Gasteiger charge is -2.38. The topological polar surface area (TPSA) is 81.6 Å². The SMILES string of the molecule is Cc1ccc(C(CNC(C)C)C(=O)N2CCN(c3ncnc4c3C(C)CC4O)CC2)cc1. The van der Waals surface area contributed by atoms with Crippen molar-refractivity contribution in [1.29, 1.82) is 0 Å². The van der Waals surface area contributed by atoms with Crippen molar-refractivity contribution in [1.82, 2.24) is 20.2 Å². The van der Waals surface area contributed by atoms with E-state index < -0.39 is 6.10 Å². The molecule has 3 unspecified atom stereocenters. The molecule has 0 bridgehead atoms. The van der Waals surface area contributed by atoms with Crippen molar-refractivity contribution in [3.8, 4) is 0 Å². The largest absolute Gasteiger partial charge is 0.387 e. The van der Waals surface area contributed by atoms with E-state index in [2.05, 4.69) is 72.1 Å². The van der Waals surface area contributed by atoms with E-state index in [9.17, 15) is 9.90 Å². The first-order chi connectivity index (χ1) is 15.3. The van der Waals surface area contributed by atoms with Gasteiger partial charge in [0, 0.05) is 44.3 Å². The first-order valence-electron chi connectivity index (χ1n) is 11.7. The second-order valence-electron chi connectivity index (χ2n) is 9.49. The van der Waals surface area contributed by atoms with Gasteiger partial charge >= 0.3 is 0 Å². The molecule has 0 radical (unpaired) electrons. The van der Waals surface area contributed by atoms with Gasteiger partial charge in [-0.15, -0.1) is 0 Å². The van der Waals surface area contributed by atoms with Crippen LogP contribution in [0.2, 0.25) is 0 Å². The highest BCUT2D eigenvalue weighted by Gasteiger charge is 2.35. The van der Waals surface area contributed by atoms with E-state index in [0.29, 0.717) is 32.1 Å². The van der Waals surface area contributed by atoms with Crippen molar-refractivity contribution in [3.05, 3.63) is 53.0 Å². The summed E-state index contributed by atoms with van der Waals surface area (Å²) in [6, 6.07) is 8.63. The van der Waals surface area contributed by atoms with Crippen LogP contribution in [0, 0.1) is 6.92 Å². The predicted molar refractivity (Wildman–Crippen MR) is 126 cm³/mol. The number of rotatable bonds is 6. The number of aliphatic hydroxyl groups excluding tert-OH is 1. The molecule has 3 atom stereocenters. The molecule has 1 aromatic heterocycles. The zero-order valence-electron chi connectivity index (χ0n) is 19.6. The molecule has 172 valence electrons. The van der Waals surface area contributed by atoms with Crippen LogP contribution >= 0.6 is 0 Å². The molecule has 7 nitrogen and oxygen atoms in total. The van der Waals surface area contributed by atoms with Crippen LogP contribution in [0.5, 0.6) is 0 Å². The molecule has 2 aliphatic rings. The molecule has 1 aliphatic heterocycles. The lowest BCUT2D eigenvalue weighted by atomic mass is 9.95. The van der Waals surface area contributed by atoms with E-state index >= 15 is 0 Å². The van der Waals surface area contributed by atoms with Crippen LogP contribution < -0.4 is 10.2 Å². The number of fused-ring (bicyclic) bond motifs is 1. The number of aliphatic hydroxyl groups is 1. The van der Waals surface area contributed by atoms with Gasteiger partial charge in [0.25, 0.3) is 0 Å². The summed E-state index contributed by atoms with van der Waals surface area (Å²) in [5.74, 6) is 1.15. The summed E-state index contributed by atoms with van der Waals surface area (Å²) >= 11 is 0. The Hall–Kier alpha value is -2.51. The lowest BCUT2D eigenvalue weighted by molar-refractivity contribution is -0.133. The quantitative estimate of drug-likeness (QED) is 0.723. The monoisotopic (exact) mass is 437 g/mol. The summed E-state index contributed by atoms with van der Waals surface area (Å²) in [7, 11) is 0. The number of carbonyl (C=O) groups excluding carboxylic acids is 1. The third-order valence-corrected chi connectivity index (χ3v) is 6.68. The number of piperazine rings is 1. The third-order valence-electron chi connectivity index (χ3n) is 6.68. The minimum atomic E-state index is -0.506. The molecule has 2 heterocycles. The highest BCUT2D eigenvalue weighted by molar-refractivity contribution is 5.84. The summed E-state index contributed by atoms with van der Waals surface area (Å²) in [4.78, 5) is 26.6. The average molecular weight is 438 g/mol. The van der Waals surface area contributed by atoms with E-state index in [4.69, 9.17) is 0 Å². The van der Waals surface area contributed by atoms with Crippen LogP contribution in [0.3, 0.4) is 0 Å². The van der Waals surface area contributed by atoms with Gasteiger partial charge in [-0.1, -0.05) is 50.6 Å². The fourth-order valence-electron chi connectivity index (χ4n) is 4.81. The molecule has 4 rings (SSSR count). The zero-order valence-corrected chi connectivity index (χ0v) is 19.6. The Balaban J connectivity index is 1.47. The number of carbonyl (C=O) groups is 1. The molecule has 0 spiro atoms. The molecule has 1 aromatic carbocycles. The van der Waals surface area contributed by atoms with Crippen molar-refractivity contribution in [3.63, 3.8) is 0 Å². The number of nitrogens with zero attached hydrogens (tertiary/aromatic N) is 4. The lowest BCUT2D eigenvalue weighted by Crippen LogP contribution is -2.51. The molecule has 1 aliphatic carbocycles. The van der Waals surface area contributed by atoms with Gasteiger partial charge in [-0.25, -0.2) is 9.97 Å². The first kappa shape index (κ1) is 22.7. The normalized spacial score (nSPS) is 21.7. The standard InChI is InChI=1S/C25H35N5O2/c1-16(2)26-14-20(19-7-5-17(3)6-8-19)25(32)30-11-9-29(10-12-30)24-22-18(4)13-21(31)23(22)27-15-28-24/h5-8,15-16,18,20-21,26,31H,9-14H2,1-4H3. The summed E-state index contributed by atoms with van der Waals surface area (Å²) in [6.45, 7) is 11.8. The highest BCUT2D eigenvalue weighted by atomic mass is 16.3. The number of anilines is 1. The van der Waals surface area contributed by atoms with Gasteiger partial charge in [0.05, 0.1) is 17.7 Å². The van der Waals surface area contributed by atoms with Gasteiger partial charge in [-0.3, -0.25) is 4.79 Å². The molecule has 1 saturated heterocycles. The molecule has 32 heavy (non-hydrogen) atoms. The smallest absolute Gasteiger partial charge is 0.231 e. The summed E-state index contributed by atoms with van der Waals surface area (Å²) in [5.41, 5.74) is 4.09. The number of amides is 1. The van der Waals surface area contributed by atoms with E-state index in [0.717, 1.165) is 35.7 Å². The third kappa shape index (κ3) is 4.64. The Kier molecular flexibility index (Phi) is 6.76. The van der Waals surface area contributed by atoms with Crippen LogP contribution in [0.4, 0.5) is 5.82 Å². The summed E-state index contributed by atoms with van der Waals surface area (Å²) in [5, 5.41) is 13.7. The Labute approximate surface area is 190 Å². The maximum Gasteiger partial charge on any atom is 0.231 e. The van der Waals surface area contributed by atoms with Crippen molar-refractivity contribution in [2.45, 2.75) is 58.1 Å². The molecule has 7 heteroatoms. The number of hydrogen-bond donors (Lipinski definition) is 2. The van der Waals surface area contributed by atoms with Crippen LogP contribution in [-0.2, 0) is 4.79 Å². The van der Waals surface area contributed by atoms with Gasteiger partial charge in [0.15, 0.2) is 0 Å². The van der Waals surface area contributed by atoms with Crippen LogP contribution in [0.15, 0.2) is 30.6 Å². The highest BCUT2D eigenvalue weighted by Crippen LogP contribution is 2.42. The second kappa shape index (κ2) is 9.55. The predicted octanol–water partition coefficient (Wildman–Crippen LogP) is 2.76. The fourth-order valence-corrected chi connectivity index (χ4v) is 4.81. The second-order valence-corrected chi connectivity index (χ2v) is 9.49. The maximum atomic E-state index is 13.5. The molecule has 1 amide bonds. The number of aromatic nitrogens is 2. The molecule has 2 N–H and O–H groups in total. The van der Waals surface area contributed by atoms with E-state index in [1.807, 2.05) is 4.90 Å². The van der Waals surface area contributed by atoms with E-state index in [1.54, 1.807) is 6.33 Å². The Morgan fingerprint density at radius 3 is 2.50 bits per heavy atom. The number of aryl methyl sites for hydroxylation is 1. The fraction of sp³-hybridized carbons (Fsp3) is 0.560. The Bertz CT molecular complexity index is 938. The van der Waals surface area contributed by atoms with Crippen LogP contribution in [0.1, 0.15) is 67.5 Å². The molecular weight excluding hydrogens is 402 g/mol. The summed E-state index contributed by atoms with van der Waals surface area (Å²) in [6.07, 6.45) is 1.74. The molecule has 1 fully saturated rings. The average Bonchev–Trinajstić information content (AvgIpc) is 3.08. The maximum absolute atomic E-state index is 13.5. The van der Waals surface area contributed by atoms with Gasteiger partial charge in [0.2, 0.25) is 5.91 Å². The van der Waals surface area contributed by atoms with Crippen molar-refractivity contribution in [2.24, 2.45) is 0 Å².